The first-order valence-corrected chi connectivity index (χ1v) is 7.49. The number of nitrogens with one attached hydrogen (secondary N) is 1. The lowest BCUT2D eigenvalue weighted by Gasteiger charge is -2.18. The van der Waals surface area contributed by atoms with Crippen molar-refractivity contribution in [2.24, 2.45) is 5.92 Å². The Morgan fingerprint density at radius 2 is 2.33 bits per heavy atom. The predicted molar refractivity (Wildman–Crippen MR) is 68.3 cm³/mol. The molecule has 2 rings (SSSR count). The first kappa shape index (κ1) is 13.1. The van der Waals surface area contributed by atoms with Crippen LogP contribution in [-0.4, -0.2) is 35.8 Å². The molecule has 5 nitrogen and oxygen atoms in total. The van der Waals surface area contributed by atoms with Gasteiger partial charge in [-0.05, 0) is 18.8 Å². The number of aromatic nitrogens is 2. The summed E-state index contributed by atoms with van der Waals surface area (Å²) in [7, 11) is -3.53. The van der Waals surface area contributed by atoms with Crippen LogP contribution in [0.5, 0.6) is 0 Å². The van der Waals surface area contributed by atoms with E-state index >= 15 is 0 Å². The number of hydrogen-bond donors (Lipinski definition) is 1. The molecule has 0 aliphatic heterocycles. The highest BCUT2D eigenvalue weighted by Crippen LogP contribution is 2.31. The summed E-state index contributed by atoms with van der Waals surface area (Å²) in [4.78, 5) is 6.85. The summed E-state index contributed by atoms with van der Waals surface area (Å²) in [5.74, 6) is 3.54. The molecule has 6 heteroatoms. The molecular formula is C12H17N3O2S. The van der Waals surface area contributed by atoms with Crippen LogP contribution >= 0.6 is 0 Å². The monoisotopic (exact) mass is 267 g/mol. The quantitative estimate of drug-likeness (QED) is 0.782. The molecule has 1 saturated carbocycles. The minimum absolute atomic E-state index is 0.110. The van der Waals surface area contributed by atoms with Gasteiger partial charge in [-0.2, -0.15) is 4.31 Å². The third-order valence-corrected chi connectivity index (χ3v) is 4.71. The van der Waals surface area contributed by atoms with Crippen molar-refractivity contribution in [2.75, 3.05) is 13.1 Å². The number of hydrogen-bond acceptors (Lipinski definition) is 3. The van der Waals surface area contributed by atoms with Gasteiger partial charge in [0.2, 0.25) is 0 Å². The maximum Gasteiger partial charge on any atom is 0.261 e. The van der Waals surface area contributed by atoms with Gasteiger partial charge in [0.1, 0.15) is 5.82 Å². The van der Waals surface area contributed by atoms with E-state index in [2.05, 4.69) is 15.9 Å². The minimum Gasteiger partial charge on any atom is -0.332 e. The second-order valence-electron chi connectivity index (χ2n) is 4.49. The van der Waals surface area contributed by atoms with Crippen LogP contribution in [0, 0.1) is 18.3 Å². The number of sulfonamides is 1. The van der Waals surface area contributed by atoms with Crippen LogP contribution in [0.15, 0.2) is 11.2 Å². The molecule has 1 N–H and O–H groups in total. The van der Waals surface area contributed by atoms with Crippen molar-refractivity contribution in [3.8, 4) is 12.3 Å². The molecule has 0 atom stereocenters. The van der Waals surface area contributed by atoms with Crippen LogP contribution < -0.4 is 0 Å². The van der Waals surface area contributed by atoms with E-state index in [-0.39, 0.29) is 11.6 Å². The molecule has 1 aromatic rings. The summed E-state index contributed by atoms with van der Waals surface area (Å²) < 4.78 is 26.1. The number of rotatable bonds is 6. The standard InChI is InChI=1S/C12H17N3O2S/c1-3-7-15(9-10-5-6-10)18(16,17)12-8-13-11(4-2)14-12/h1,8,10H,4-7,9H2,2H3,(H,13,14). The van der Waals surface area contributed by atoms with Gasteiger partial charge in [-0.25, -0.2) is 13.4 Å². The lowest BCUT2D eigenvalue weighted by molar-refractivity contribution is 0.428. The van der Waals surface area contributed by atoms with Gasteiger partial charge < -0.3 is 4.98 Å². The average molecular weight is 267 g/mol. The Hall–Kier alpha value is -1.32. The fourth-order valence-corrected chi connectivity index (χ4v) is 3.09. The van der Waals surface area contributed by atoms with Gasteiger partial charge in [0.25, 0.3) is 10.0 Å². The van der Waals surface area contributed by atoms with Crippen molar-refractivity contribution >= 4 is 10.0 Å². The number of terminal acetylenes is 1. The molecule has 0 unspecified atom stereocenters. The van der Waals surface area contributed by atoms with Gasteiger partial charge in [-0.3, -0.25) is 0 Å². The minimum atomic E-state index is -3.53. The SMILES string of the molecule is C#CCN(CC1CC1)S(=O)(=O)c1cnc(CC)[nH]1. The second kappa shape index (κ2) is 5.12. The fraction of sp³-hybridized carbons (Fsp3) is 0.583. The molecule has 1 aromatic heterocycles. The average Bonchev–Trinajstić information content (AvgIpc) is 3.02. The predicted octanol–water partition coefficient (Wildman–Crippen LogP) is 1.01. The van der Waals surface area contributed by atoms with Crippen LogP contribution in [-0.2, 0) is 16.4 Å². The highest BCUT2D eigenvalue weighted by molar-refractivity contribution is 7.89. The van der Waals surface area contributed by atoms with Gasteiger partial charge in [0.05, 0.1) is 12.7 Å². The van der Waals surface area contributed by atoms with Crippen LogP contribution in [0.25, 0.3) is 0 Å². The van der Waals surface area contributed by atoms with Crippen molar-refractivity contribution in [3.63, 3.8) is 0 Å². The molecule has 0 radical (unpaired) electrons. The molecule has 1 heterocycles. The number of imidazole rings is 1. The molecular weight excluding hydrogens is 250 g/mol. The molecule has 18 heavy (non-hydrogen) atoms. The molecule has 0 saturated heterocycles. The van der Waals surface area contributed by atoms with E-state index in [1.807, 2.05) is 6.92 Å². The van der Waals surface area contributed by atoms with Crippen molar-refractivity contribution < 1.29 is 8.42 Å². The van der Waals surface area contributed by atoms with Crippen molar-refractivity contribution in [1.29, 1.82) is 0 Å². The third-order valence-electron chi connectivity index (χ3n) is 2.98. The summed E-state index contributed by atoms with van der Waals surface area (Å²) in [5.41, 5.74) is 0. The molecule has 1 fully saturated rings. The van der Waals surface area contributed by atoms with Gasteiger partial charge >= 0.3 is 0 Å². The zero-order chi connectivity index (χ0) is 13.2. The maximum atomic E-state index is 12.4. The van der Waals surface area contributed by atoms with E-state index < -0.39 is 10.0 Å². The van der Waals surface area contributed by atoms with E-state index in [0.717, 1.165) is 12.8 Å². The first-order chi connectivity index (χ1) is 8.57. The lowest BCUT2D eigenvalue weighted by atomic mass is 10.4. The molecule has 1 aliphatic rings. The number of H-pyrrole nitrogens is 1. The highest BCUT2D eigenvalue weighted by atomic mass is 32.2. The zero-order valence-corrected chi connectivity index (χ0v) is 11.2. The Kier molecular flexibility index (Phi) is 3.73. The number of aryl methyl sites for hydroxylation is 1. The van der Waals surface area contributed by atoms with Gasteiger partial charge in [0.15, 0.2) is 5.03 Å². The van der Waals surface area contributed by atoms with Gasteiger partial charge in [-0.1, -0.05) is 12.8 Å². The van der Waals surface area contributed by atoms with Crippen LogP contribution in [0.3, 0.4) is 0 Å². The Bertz CT molecular complexity index is 552. The molecule has 98 valence electrons. The van der Waals surface area contributed by atoms with E-state index in [9.17, 15) is 8.42 Å². The number of nitrogens with zero attached hydrogens (tertiary/aromatic N) is 2. The normalized spacial score (nSPS) is 15.8. The Morgan fingerprint density at radius 1 is 1.61 bits per heavy atom. The Labute approximate surface area is 108 Å². The summed E-state index contributed by atoms with van der Waals surface area (Å²) in [6.07, 6.45) is 9.46. The summed E-state index contributed by atoms with van der Waals surface area (Å²) in [6.45, 7) is 2.53. The van der Waals surface area contributed by atoms with Gasteiger partial charge in [-0.15, -0.1) is 6.42 Å². The Balaban J connectivity index is 2.22. The molecule has 1 aliphatic carbocycles. The highest BCUT2D eigenvalue weighted by Gasteiger charge is 2.32. The second-order valence-corrected chi connectivity index (χ2v) is 6.40. The first-order valence-electron chi connectivity index (χ1n) is 6.05. The molecule has 0 bridgehead atoms. The molecule has 0 aromatic carbocycles. The van der Waals surface area contributed by atoms with Crippen molar-refractivity contribution in [3.05, 3.63) is 12.0 Å². The van der Waals surface area contributed by atoms with Crippen LogP contribution in [0.1, 0.15) is 25.6 Å². The van der Waals surface area contributed by atoms with Crippen LogP contribution in [0.4, 0.5) is 0 Å². The lowest BCUT2D eigenvalue weighted by Crippen LogP contribution is -2.33. The van der Waals surface area contributed by atoms with E-state index in [0.29, 0.717) is 24.7 Å². The summed E-state index contributed by atoms with van der Waals surface area (Å²) in [6, 6.07) is 0. The van der Waals surface area contributed by atoms with E-state index in [4.69, 9.17) is 6.42 Å². The van der Waals surface area contributed by atoms with E-state index in [1.54, 1.807) is 0 Å². The molecule has 0 amide bonds. The number of aromatic amines is 1. The van der Waals surface area contributed by atoms with Crippen molar-refractivity contribution in [1.82, 2.24) is 14.3 Å². The molecule has 0 spiro atoms. The zero-order valence-electron chi connectivity index (χ0n) is 10.4. The summed E-state index contributed by atoms with van der Waals surface area (Å²) >= 11 is 0. The Morgan fingerprint density at radius 3 is 2.83 bits per heavy atom. The van der Waals surface area contributed by atoms with E-state index in [1.165, 1.54) is 10.5 Å². The van der Waals surface area contributed by atoms with Gasteiger partial charge in [0, 0.05) is 13.0 Å². The maximum absolute atomic E-state index is 12.4. The van der Waals surface area contributed by atoms with Crippen molar-refractivity contribution in [2.45, 2.75) is 31.2 Å². The smallest absolute Gasteiger partial charge is 0.261 e. The topological polar surface area (TPSA) is 66.1 Å². The third kappa shape index (κ3) is 2.74. The van der Waals surface area contributed by atoms with Crippen LogP contribution in [0.2, 0.25) is 0 Å². The summed E-state index contributed by atoms with van der Waals surface area (Å²) in [5, 5.41) is 0.134. The largest absolute Gasteiger partial charge is 0.332 e. The fourth-order valence-electron chi connectivity index (χ4n) is 1.73.